The monoisotopic (exact) mass is 308 g/mol. The molecular formula is C14H16N2O4S. The fraction of sp³-hybridized carbons (Fsp3) is 0.429. The topological polar surface area (TPSA) is 98.5 Å². The lowest BCUT2D eigenvalue weighted by Crippen LogP contribution is -2.36. The molecule has 1 atom stereocenters. The third-order valence-electron chi connectivity index (χ3n) is 4.07. The first kappa shape index (κ1) is 15.5. The van der Waals surface area contributed by atoms with Crippen molar-refractivity contribution >= 4 is 16.0 Å². The van der Waals surface area contributed by atoms with Crippen LogP contribution in [0.3, 0.4) is 0 Å². The highest BCUT2D eigenvalue weighted by molar-refractivity contribution is 7.89. The maximum Gasteiger partial charge on any atom is 0.311 e. The van der Waals surface area contributed by atoms with Crippen molar-refractivity contribution in [2.24, 2.45) is 5.41 Å². The van der Waals surface area contributed by atoms with E-state index in [1.165, 1.54) is 28.6 Å². The molecule has 1 saturated heterocycles. The van der Waals surface area contributed by atoms with Crippen molar-refractivity contribution in [1.82, 2.24) is 4.31 Å². The zero-order chi connectivity index (χ0) is 15.7. The minimum Gasteiger partial charge on any atom is -0.481 e. The van der Waals surface area contributed by atoms with Gasteiger partial charge in [0.2, 0.25) is 10.0 Å². The number of carboxylic acids is 1. The van der Waals surface area contributed by atoms with Crippen LogP contribution in [0.1, 0.15) is 25.3 Å². The van der Waals surface area contributed by atoms with Gasteiger partial charge in [-0.1, -0.05) is 6.92 Å². The van der Waals surface area contributed by atoms with E-state index >= 15 is 0 Å². The van der Waals surface area contributed by atoms with Gasteiger partial charge in [0, 0.05) is 13.1 Å². The predicted octanol–water partition coefficient (Wildman–Crippen LogP) is 1.43. The third-order valence-corrected chi connectivity index (χ3v) is 5.93. The molecule has 1 aliphatic heterocycles. The van der Waals surface area contributed by atoms with Crippen molar-refractivity contribution in [3.63, 3.8) is 0 Å². The van der Waals surface area contributed by atoms with Gasteiger partial charge in [0.15, 0.2) is 0 Å². The fourth-order valence-corrected chi connectivity index (χ4v) is 4.03. The largest absolute Gasteiger partial charge is 0.481 e. The summed E-state index contributed by atoms with van der Waals surface area (Å²) >= 11 is 0. The minimum atomic E-state index is -3.72. The highest BCUT2D eigenvalue weighted by atomic mass is 32.2. The SMILES string of the molecule is CCC1(C(=O)O)CCN(S(=O)(=O)c2ccc(C#N)cc2)C1. The fourth-order valence-electron chi connectivity index (χ4n) is 2.50. The first-order valence-electron chi connectivity index (χ1n) is 6.59. The van der Waals surface area contributed by atoms with Gasteiger partial charge >= 0.3 is 5.97 Å². The standard InChI is InChI=1S/C14H16N2O4S/c1-2-14(13(17)18)7-8-16(10-14)21(19,20)12-5-3-11(9-15)4-6-12/h3-6H,2,7-8,10H2,1H3,(H,17,18). The number of sulfonamides is 1. The Bertz CT molecular complexity index is 691. The quantitative estimate of drug-likeness (QED) is 0.907. The zero-order valence-corrected chi connectivity index (χ0v) is 12.4. The minimum absolute atomic E-state index is 0.0127. The van der Waals surface area contributed by atoms with Crippen molar-refractivity contribution < 1.29 is 18.3 Å². The second kappa shape index (κ2) is 5.47. The summed E-state index contributed by atoms with van der Waals surface area (Å²) in [6.07, 6.45) is 0.704. The smallest absolute Gasteiger partial charge is 0.311 e. The molecule has 0 aliphatic carbocycles. The van der Waals surface area contributed by atoms with Crippen LogP contribution in [0, 0.1) is 16.7 Å². The summed E-state index contributed by atoms with van der Waals surface area (Å²) < 4.78 is 26.2. The molecule has 1 heterocycles. The van der Waals surface area contributed by atoms with Crippen LogP contribution in [0.25, 0.3) is 0 Å². The highest BCUT2D eigenvalue weighted by Gasteiger charge is 2.47. The van der Waals surface area contributed by atoms with Crippen LogP contribution in [0.15, 0.2) is 29.2 Å². The summed E-state index contributed by atoms with van der Waals surface area (Å²) in [5.41, 5.74) is -0.622. The number of nitriles is 1. The first-order chi connectivity index (χ1) is 9.85. The number of aliphatic carboxylic acids is 1. The average molecular weight is 308 g/mol. The van der Waals surface area contributed by atoms with Crippen LogP contribution in [0.4, 0.5) is 0 Å². The Kier molecular flexibility index (Phi) is 4.03. The average Bonchev–Trinajstić information content (AvgIpc) is 2.94. The maximum atomic E-state index is 12.5. The molecule has 0 aromatic heterocycles. The van der Waals surface area contributed by atoms with E-state index in [2.05, 4.69) is 0 Å². The highest BCUT2D eigenvalue weighted by Crippen LogP contribution is 2.36. The summed E-state index contributed by atoms with van der Waals surface area (Å²) in [5.74, 6) is -0.956. The van der Waals surface area contributed by atoms with Crippen LogP contribution in [0.2, 0.25) is 0 Å². The molecule has 6 nitrogen and oxygen atoms in total. The van der Waals surface area contributed by atoms with Crippen molar-refractivity contribution in [1.29, 1.82) is 5.26 Å². The molecule has 1 aromatic carbocycles. The van der Waals surface area contributed by atoms with E-state index in [0.29, 0.717) is 18.4 Å². The van der Waals surface area contributed by atoms with Gasteiger partial charge < -0.3 is 5.11 Å². The molecule has 1 unspecified atom stereocenters. The van der Waals surface area contributed by atoms with Crippen LogP contribution in [-0.2, 0) is 14.8 Å². The second-order valence-corrected chi connectivity index (χ2v) is 7.10. The number of hydrogen-bond acceptors (Lipinski definition) is 4. The van der Waals surface area contributed by atoms with Crippen molar-refractivity contribution in [3.05, 3.63) is 29.8 Å². The van der Waals surface area contributed by atoms with Gasteiger partial charge in [-0.3, -0.25) is 4.79 Å². The summed E-state index contributed by atoms with van der Waals surface area (Å²) in [5, 5.41) is 18.1. The molecule has 1 N–H and O–H groups in total. The van der Waals surface area contributed by atoms with E-state index in [0.717, 1.165) is 0 Å². The summed E-state index contributed by atoms with van der Waals surface area (Å²) in [7, 11) is -3.72. The predicted molar refractivity (Wildman–Crippen MR) is 74.9 cm³/mol. The normalized spacial score (nSPS) is 22.9. The Hall–Kier alpha value is -1.91. The summed E-state index contributed by atoms with van der Waals surface area (Å²) in [6.45, 7) is 1.94. The van der Waals surface area contributed by atoms with Gasteiger partial charge in [0.05, 0.1) is 21.9 Å². The first-order valence-corrected chi connectivity index (χ1v) is 8.03. The van der Waals surface area contributed by atoms with Gasteiger partial charge in [-0.2, -0.15) is 9.57 Å². The van der Waals surface area contributed by atoms with Gasteiger partial charge in [0.25, 0.3) is 0 Å². The molecule has 1 aromatic rings. The number of nitrogens with zero attached hydrogens (tertiary/aromatic N) is 2. The van der Waals surface area contributed by atoms with Gasteiger partial charge in [0.1, 0.15) is 0 Å². The summed E-state index contributed by atoms with van der Waals surface area (Å²) in [6, 6.07) is 7.55. The van der Waals surface area contributed by atoms with Crippen molar-refractivity contribution in [3.8, 4) is 6.07 Å². The van der Waals surface area contributed by atoms with E-state index in [-0.39, 0.29) is 18.0 Å². The molecule has 21 heavy (non-hydrogen) atoms. The van der Waals surface area contributed by atoms with E-state index < -0.39 is 21.4 Å². The lowest BCUT2D eigenvalue weighted by Gasteiger charge is -2.22. The molecule has 0 bridgehead atoms. The van der Waals surface area contributed by atoms with Crippen molar-refractivity contribution in [2.45, 2.75) is 24.7 Å². The molecule has 0 saturated carbocycles. The van der Waals surface area contributed by atoms with E-state index in [1.807, 2.05) is 6.07 Å². The Morgan fingerprint density at radius 1 is 1.43 bits per heavy atom. The van der Waals surface area contributed by atoms with Gasteiger partial charge in [-0.25, -0.2) is 8.42 Å². The molecule has 0 spiro atoms. The molecule has 1 fully saturated rings. The lowest BCUT2D eigenvalue weighted by molar-refractivity contribution is -0.148. The zero-order valence-electron chi connectivity index (χ0n) is 11.6. The van der Waals surface area contributed by atoms with E-state index in [4.69, 9.17) is 5.26 Å². The number of benzene rings is 1. The van der Waals surface area contributed by atoms with Gasteiger partial charge in [-0.05, 0) is 37.1 Å². The molecule has 112 valence electrons. The molecule has 7 heteroatoms. The Morgan fingerprint density at radius 2 is 2.05 bits per heavy atom. The maximum absolute atomic E-state index is 12.5. The Morgan fingerprint density at radius 3 is 2.48 bits per heavy atom. The van der Waals surface area contributed by atoms with E-state index in [1.54, 1.807) is 6.92 Å². The second-order valence-electron chi connectivity index (χ2n) is 5.16. The Balaban J connectivity index is 2.29. The molecule has 1 aliphatic rings. The van der Waals surface area contributed by atoms with Crippen LogP contribution in [-0.4, -0.2) is 36.9 Å². The lowest BCUT2D eigenvalue weighted by atomic mass is 9.85. The molecule has 0 amide bonds. The summed E-state index contributed by atoms with van der Waals surface area (Å²) in [4.78, 5) is 11.5. The van der Waals surface area contributed by atoms with Crippen molar-refractivity contribution in [2.75, 3.05) is 13.1 Å². The molecular weight excluding hydrogens is 292 g/mol. The molecule has 0 radical (unpaired) electrons. The Labute approximate surface area is 123 Å². The number of carboxylic acid groups (broad SMARTS) is 1. The van der Waals surface area contributed by atoms with Crippen LogP contribution in [0.5, 0.6) is 0 Å². The molecule has 2 rings (SSSR count). The van der Waals surface area contributed by atoms with Gasteiger partial charge in [-0.15, -0.1) is 0 Å². The number of rotatable bonds is 4. The number of hydrogen-bond donors (Lipinski definition) is 1. The third kappa shape index (κ3) is 2.64. The van der Waals surface area contributed by atoms with E-state index in [9.17, 15) is 18.3 Å². The van der Waals surface area contributed by atoms with Crippen LogP contribution >= 0.6 is 0 Å². The van der Waals surface area contributed by atoms with Crippen LogP contribution < -0.4 is 0 Å². The number of carbonyl (C=O) groups is 1.